The standard InChI is InChI=1S/C24H23FN4O2/c1-16-4-2-10-28-15-21(27-22(16)28)24(30)29-11-3-5-18(14-29)23-26-13-20(31-23)12-17-6-8-19(25)9-7-17/h2,4,6-10,13,15,18H,3,5,11-12,14H2,1H3/t18-/m0/s1. The number of hydrogen-bond donors (Lipinski definition) is 0. The van der Waals surface area contributed by atoms with Crippen LogP contribution in [0.2, 0.25) is 0 Å². The lowest BCUT2D eigenvalue weighted by Gasteiger charge is -2.30. The summed E-state index contributed by atoms with van der Waals surface area (Å²) in [6.45, 7) is 3.24. The monoisotopic (exact) mass is 418 g/mol. The molecule has 4 aromatic rings. The number of pyridine rings is 1. The Balaban J connectivity index is 1.29. The van der Waals surface area contributed by atoms with Crippen LogP contribution in [0.25, 0.3) is 5.65 Å². The zero-order chi connectivity index (χ0) is 21.4. The molecule has 158 valence electrons. The van der Waals surface area contributed by atoms with Gasteiger partial charge in [-0.2, -0.15) is 0 Å². The van der Waals surface area contributed by atoms with E-state index in [1.165, 1.54) is 12.1 Å². The van der Waals surface area contributed by atoms with Crippen molar-refractivity contribution in [3.8, 4) is 0 Å². The van der Waals surface area contributed by atoms with Crippen LogP contribution in [0.5, 0.6) is 0 Å². The molecule has 1 saturated heterocycles. The molecule has 5 rings (SSSR count). The second kappa shape index (κ2) is 7.98. The molecule has 0 spiro atoms. The van der Waals surface area contributed by atoms with Crippen molar-refractivity contribution in [1.82, 2.24) is 19.3 Å². The maximum atomic E-state index is 13.1. The number of halogens is 1. The summed E-state index contributed by atoms with van der Waals surface area (Å²) in [4.78, 5) is 24.0. The minimum atomic E-state index is -0.255. The molecule has 1 atom stereocenters. The first-order valence-electron chi connectivity index (χ1n) is 10.5. The van der Waals surface area contributed by atoms with Crippen LogP contribution < -0.4 is 0 Å². The molecular formula is C24H23FN4O2. The predicted octanol–water partition coefficient (Wildman–Crippen LogP) is 4.38. The molecule has 0 bridgehead atoms. The smallest absolute Gasteiger partial charge is 0.274 e. The molecule has 7 heteroatoms. The summed E-state index contributed by atoms with van der Waals surface area (Å²) in [5.41, 5.74) is 3.26. The van der Waals surface area contributed by atoms with Crippen LogP contribution in [0.3, 0.4) is 0 Å². The highest BCUT2D eigenvalue weighted by molar-refractivity contribution is 5.93. The molecule has 6 nitrogen and oxygen atoms in total. The third kappa shape index (κ3) is 3.95. The summed E-state index contributed by atoms with van der Waals surface area (Å²) in [5, 5.41) is 0. The number of piperidine rings is 1. The summed E-state index contributed by atoms with van der Waals surface area (Å²) >= 11 is 0. The molecule has 1 aromatic carbocycles. The van der Waals surface area contributed by atoms with Gasteiger partial charge >= 0.3 is 0 Å². The normalized spacial score (nSPS) is 16.7. The number of likely N-dealkylation sites (tertiary alicyclic amines) is 1. The van der Waals surface area contributed by atoms with Crippen molar-refractivity contribution in [3.05, 3.63) is 89.3 Å². The van der Waals surface area contributed by atoms with Gasteiger partial charge in [0.15, 0.2) is 5.89 Å². The van der Waals surface area contributed by atoms with E-state index in [0.29, 0.717) is 31.1 Å². The third-order valence-corrected chi connectivity index (χ3v) is 5.82. The molecule has 0 N–H and O–H groups in total. The van der Waals surface area contributed by atoms with Crippen LogP contribution >= 0.6 is 0 Å². The largest absolute Gasteiger partial charge is 0.445 e. The van der Waals surface area contributed by atoms with E-state index < -0.39 is 0 Å². The van der Waals surface area contributed by atoms with Crippen molar-refractivity contribution in [2.45, 2.75) is 32.1 Å². The van der Waals surface area contributed by atoms with Crippen molar-refractivity contribution in [2.24, 2.45) is 0 Å². The Kier molecular flexibility index (Phi) is 5.02. The molecule has 1 aliphatic rings. The average molecular weight is 418 g/mol. The number of carbonyl (C=O) groups is 1. The summed E-state index contributed by atoms with van der Waals surface area (Å²) in [7, 11) is 0. The number of benzene rings is 1. The summed E-state index contributed by atoms with van der Waals surface area (Å²) in [6, 6.07) is 10.3. The number of carbonyl (C=O) groups excluding carboxylic acids is 1. The fourth-order valence-electron chi connectivity index (χ4n) is 4.18. The molecule has 3 aromatic heterocycles. The maximum absolute atomic E-state index is 13.1. The Morgan fingerprint density at radius 1 is 1.26 bits per heavy atom. The van der Waals surface area contributed by atoms with Crippen LogP contribution in [-0.2, 0) is 6.42 Å². The number of oxazole rings is 1. The lowest BCUT2D eigenvalue weighted by Crippen LogP contribution is -2.39. The van der Waals surface area contributed by atoms with Gasteiger partial charge in [-0.05, 0) is 49.1 Å². The second-order valence-corrected chi connectivity index (χ2v) is 8.11. The number of hydrogen-bond acceptors (Lipinski definition) is 4. The van der Waals surface area contributed by atoms with Gasteiger partial charge in [0.05, 0.1) is 12.1 Å². The topological polar surface area (TPSA) is 63.6 Å². The molecule has 0 saturated carbocycles. The Bertz CT molecular complexity index is 1230. The highest BCUT2D eigenvalue weighted by Crippen LogP contribution is 2.28. The Morgan fingerprint density at radius 2 is 2.10 bits per heavy atom. The Morgan fingerprint density at radius 3 is 2.90 bits per heavy atom. The summed E-state index contributed by atoms with van der Waals surface area (Å²) < 4.78 is 21.0. The van der Waals surface area contributed by atoms with E-state index in [4.69, 9.17) is 4.42 Å². The van der Waals surface area contributed by atoms with Gasteiger partial charge in [-0.3, -0.25) is 4.79 Å². The van der Waals surface area contributed by atoms with E-state index in [2.05, 4.69) is 9.97 Å². The summed E-state index contributed by atoms with van der Waals surface area (Å²) in [5.74, 6) is 1.13. The molecule has 31 heavy (non-hydrogen) atoms. The number of nitrogens with zero attached hydrogens (tertiary/aromatic N) is 4. The maximum Gasteiger partial charge on any atom is 0.274 e. The van der Waals surface area contributed by atoms with Crippen LogP contribution in [0.4, 0.5) is 4.39 Å². The van der Waals surface area contributed by atoms with E-state index in [-0.39, 0.29) is 17.6 Å². The van der Waals surface area contributed by atoms with E-state index >= 15 is 0 Å². The highest BCUT2D eigenvalue weighted by Gasteiger charge is 2.29. The highest BCUT2D eigenvalue weighted by atomic mass is 19.1. The van der Waals surface area contributed by atoms with Crippen molar-refractivity contribution in [2.75, 3.05) is 13.1 Å². The van der Waals surface area contributed by atoms with Crippen molar-refractivity contribution in [1.29, 1.82) is 0 Å². The lowest BCUT2D eigenvalue weighted by molar-refractivity contribution is 0.0692. The van der Waals surface area contributed by atoms with E-state index in [0.717, 1.165) is 35.4 Å². The van der Waals surface area contributed by atoms with Crippen LogP contribution in [0, 0.1) is 12.7 Å². The van der Waals surface area contributed by atoms with Crippen molar-refractivity contribution < 1.29 is 13.6 Å². The Hall–Kier alpha value is -3.48. The van der Waals surface area contributed by atoms with Gasteiger partial charge in [-0.1, -0.05) is 18.2 Å². The molecule has 1 aliphatic heterocycles. The number of fused-ring (bicyclic) bond motifs is 1. The van der Waals surface area contributed by atoms with Gasteiger partial charge in [0.25, 0.3) is 5.91 Å². The van der Waals surface area contributed by atoms with Crippen LogP contribution in [0.1, 0.15) is 52.0 Å². The lowest BCUT2D eigenvalue weighted by atomic mass is 9.98. The zero-order valence-corrected chi connectivity index (χ0v) is 17.3. The number of rotatable bonds is 4. The van der Waals surface area contributed by atoms with E-state index in [9.17, 15) is 9.18 Å². The van der Waals surface area contributed by atoms with Gasteiger partial charge in [-0.25, -0.2) is 14.4 Å². The number of amides is 1. The first-order valence-corrected chi connectivity index (χ1v) is 10.5. The van der Waals surface area contributed by atoms with E-state index in [1.807, 2.05) is 34.6 Å². The first-order chi connectivity index (χ1) is 15.1. The number of imidazole rings is 1. The molecule has 4 heterocycles. The summed E-state index contributed by atoms with van der Waals surface area (Å²) in [6.07, 6.45) is 7.79. The molecule has 0 aliphatic carbocycles. The van der Waals surface area contributed by atoms with Gasteiger partial charge in [0.2, 0.25) is 0 Å². The molecule has 0 radical (unpaired) electrons. The number of aromatic nitrogens is 3. The first kappa shape index (κ1) is 19.5. The minimum Gasteiger partial charge on any atom is -0.445 e. The zero-order valence-electron chi connectivity index (χ0n) is 17.3. The van der Waals surface area contributed by atoms with Crippen LogP contribution in [-0.4, -0.2) is 38.3 Å². The number of aryl methyl sites for hydroxylation is 1. The molecule has 1 fully saturated rings. The third-order valence-electron chi connectivity index (χ3n) is 5.82. The van der Waals surface area contributed by atoms with Gasteiger partial charge in [-0.15, -0.1) is 0 Å². The van der Waals surface area contributed by atoms with Crippen molar-refractivity contribution in [3.63, 3.8) is 0 Å². The fourth-order valence-corrected chi connectivity index (χ4v) is 4.18. The second-order valence-electron chi connectivity index (χ2n) is 8.11. The quantitative estimate of drug-likeness (QED) is 0.493. The van der Waals surface area contributed by atoms with Gasteiger partial charge in [0.1, 0.15) is 22.9 Å². The Labute approximate surface area is 179 Å². The minimum absolute atomic E-state index is 0.0541. The molecular weight excluding hydrogens is 395 g/mol. The van der Waals surface area contributed by atoms with E-state index in [1.54, 1.807) is 24.5 Å². The molecule has 0 unspecified atom stereocenters. The van der Waals surface area contributed by atoms with Gasteiger partial charge < -0.3 is 13.7 Å². The van der Waals surface area contributed by atoms with Crippen LogP contribution in [0.15, 0.2) is 59.4 Å². The molecule has 1 amide bonds. The van der Waals surface area contributed by atoms with Crippen molar-refractivity contribution >= 4 is 11.6 Å². The SMILES string of the molecule is Cc1cccn2cc(C(=O)N3CCC[C@H](c4ncc(Cc5ccc(F)cc5)o4)C3)nc12. The fraction of sp³-hybridized carbons (Fsp3) is 0.292. The predicted molar refractivity (Wildman–Crippen MR) is 114 cm³/mol. The average Bonchev–Trinajstić information content (AvgIpc) is 3.43. The van der Waals surface area contributed by atoms with Gasteiger partial charge in [0, 0.05) is 31.9 Å².